The van der Waals surface area contributed by atoms with Crippen LogP contribution in [0.3, 0.4) is 0 Å². The number of halogens is 3. The lowest BCUT2D eigenvalue weighted by Gasteiger charge is -2.12. The van der Waals surface area contributed by atoms with Crippen LogP contribution in [0.5, 0.6) is 0 Å². The Morgan fingerprint density at radius 2 is 1.64 bits per heavy atom. The van der Waals surface area contributed by atoms with Gasteiger partial charge in [-0.25, -0.2) is 4.79 Å². The second-order valence-electron chi connectivity index (χ2n) is 5.84. The Morgan fingerprint density at radius 3 is 2.29 bits per heavy atom. The molecule has 3 aromatic rings. The van der Waals surface area contributed by atoms with Crippen molar-refractivity contribution >= 4 is 17.6 Å². The second-order valence-corrected chi connectivity index (χ2v) is 5.84. The highest BCUT2D eigenvalue weighted by Gasteiger charge is 2.30. The van der Waals surface area contributed by atoms with Gasteiger partial charge in [0.1, 0.15) is 0 Å². The molecule has 28 heavy (non-hydrogen) atoms. The van der Waals surface area contributed by atoms with Gasteiger partial charge in [-0.05, 0) is 35.4 Å². The van der Waals surface area contributed by atoms with Crippen molar-refractivity contribution in [3.63, 3.8) is 0 Å². The molecule has 0 aliphatic heterocycles. The number of anilines is 1. The van der Waals surface area contributed by atoms with Crippen LogP contribution in [0.2, 0.25) is 0 Å². The molecule has 0 fully saturated rings. The molecule has 142 valence electrons. The molecule has 2 aromatic carbocycles. The van der Waals surface area contributed by atoms with E-state index in [0.29, 0.717) is 11.1 Å². The SMILES string of the molecule is O=C(O)c1cncc(NC(=O)c2ccccc2-c2ccc(C(F)(F)F)cc2)c1. The van der Waals surface area contributed by atoms with Crippen LogP contribution in [0.1, 0.15) is 26.3 Å². The number of carbonyl (C=O) groups is 2. The van der Waals surface area contributed by atoms with Gasteiger partial charge in [0, 0.05) is 11.8 Å². The summed E-state index contributed by atoms with van der Waals surface area (Å²) in [7, 11) is 0. The van der Waals surface area contributed by atoms with Crippen molar-refractivity contribution in [2.45, 2.75) is 6.18 Å². The molecule has 5 nitrogen and oxygen atoms in total. The molecular weight excluding hydrogens is 373 g/mol. The number of aromatic nitrogens is 1. The monoisotopic (exact) mass is 386 g/mol. The highest BCUT2D eigenvalue weighted by atomic mass is 19.4. The zero-order valence-corrected chi connectivity index (χ0v) is 14.2. The molecule has 0 bridgehead atoms. The normalized spacial score (nSPS) is 11.1. The minimum atomic E-state index is -4.45. The number of nitrogens with zero attached hydrogens (tertiary/aromatic N) is 1. The number of hydrogen-bond acceptors (Lipinski definition) is 3. The van der Waals surface area contributed by atoms with E-state index >= 15 is 0 Å². The summed E-state index contributed by atoms with van der Waals surface area (Å²) in [6, 6.07) is 12.2. The van der Waals surface area contributed by atoms with Gasteiger partial charge in [0.2, 0.25) is 0 Å². The molecule has 0 aliphatic carbocycles. The standard InChI is InChI=1S/C20H13F3N2O3/c21-20(22,23)14-7-5-12(6-8-14)16-3-1-2-4-17(16)18(26)25-15-9-13(19(27)28)10-24-11-15/h1-11H,(H,25,26)(H,27,28). The van der Waals surface area contributed by atoms with E-state index in [1.165, 1.54) is 30.5 Å². The number of carbonyl (C=O) groups excluding carboxylic acids is 1. The zero-order chi connectivity index (χ0) is 20.3. The number of nitrogens with one attached hydrogen (secondary N) is 1. The zero-order valence-electron chi connectivity index (χ0n) is 14.2. The first-order valence-corrected chi connectivity index (χ1v) is 8.02. The number of alkyl halides is 3. The fraction of sp³-hybridized carbons (Fsp3) is 0.0500. The van der Waals surface area contributed by atoms with Crippen LogP contribution in [0.25, 0.3) is 11.1 Å². The van der Waals surface area contributed by atoms with Crippen LogP contribution in [-0.4, -0.2) is 22.0 Å². The van der Waals surface area contributed by atoms with Crippen molar-refractivity contribution in [2.75, 3.05) is 5.32 Å². The molecule has 1 heterocycles. The van der Waals surface area contributed by atoms with E-state index in [2.05, 4.69) is 10.3 Å². The molecule has 0 saturated carbocycles. The van der Waals surface area contributed by atoms with Crippen molar-refractivity contribution in [1.82, 2.24) is 4.98 Å². The lowest BCUT2D eigenvalue weighted by Crippen LogP contribution is -2.14. The topological polar surface area (TPSA) is 79.3 Å². The summed E-state index contributed by atoms with van der Waals surface area (Å²) < 4.78 is 38.2. The van der Waals surface area contributed by atoms with Gasteiger partial charge in [-0.1, -0.05) is 30.3 Å². The second kappa shape index (κ2) is 7.51. The molecule has 0 aliphatic rings. The molecule has 0 spiro atoms. The Labute approximate surface area is 157 Å². The molecule has 0 atom stereocenters. The van der Waals surface area contributed by atoms with E-state index in [9.17, 15) is 22.8 Å². The first-order valence-electron chi connectivity index (χ1n) is 8.02. The van der Waals surface area contributed by atoms with Crippen LogP contribution in [0, 0.1) is 0 Å². The number of carboxylic acids is 1. The largest absolute Gasteiger partial charge is 0.478 e. The smallest absolute Gasteiger partial charge is 0.416 e. The predicted molar refractivity (Wildman–Crippen MR) is 96.0 cm³/mol. The Bertz CT molecular complexity index is 1030. The summed E-state index contributed by atoms with van der Waals surface area (Å²) in [5, 5.41) is 11.6. The van der Waals surface area contributed by atoms with Gasteiger partial charge in [-0.15, -0.1) is 0 Å². The molecule has 2 N–H and O–H groups in total. The van der Waals surface area contributed by atoms with E-state index < -0.39 is 23.6 Å². The van der Waals surface area contributed by atoms with E-state index in [0.717, 1.165) is 18.3 Å². The maximum absolute atomic E-state index is 12.7. The van der Waals surface area contributed by atoms with Crippen LogP contribution in [0.15, 0.2) is 67.0 Å². The van der Waals surface area contributed by atoms with Crippen LogP contribution in [-0.2, 0) is 6.18 Å². The number of hydrogen-bond donors (Lipinski definition) is 2. The fourth-order valence-electron chi connectivity index (χ4n) is 2.60. The minimum Gasteiger partial charge on any atom is -0.478 e. The number of carboxylic acid groups (broad SMARTS) is 1. The maximum Gasteiger partial charge on any atom is 0.416 e. The average molecular weight is 386 g/mol. The Morgan fingerprint density at radius 1 is 0.964 bits per heavy atom. The minimum absolute atomic E-state index is 0.0891. The molecule has 1 aromatic heterocycles. The summed E-state index contributed by atoms with van der Waals surface area (Å²) >= 11 is 0. The van der Waals surface area contributed by atoms with Crippen molar-refractivity contribution in [3.05, 3.63) is 83.7 Å². The Balaban J connectivity index is 1.91. The fourth-order valence-corrected chi connectivity index (χ4v) is 2.60. The maximum atomic E-state index is 12.7. The molecule has 0 radical (unpaired) electrons. The third kappa shape index (κ3) is 4.17. The Hall–Kier alpha value is -3.68. The third-order valence-corrected chi connectivity index (χ3v) is 3.94. The number of pyridine rings is 1. The molecular formula is C20H13F3N2O3. The molecule has 0 unspecified atom stereocenters. The quantitative estimate of drug-likeness (QED) is 0.680. The van der Waals surface area contributed by atoms with Crippen LogP contribution in [0.4, 0.5) is 18.9 Å². The summed E-state index contributed by atoms with van der Waals surface area (Å²) in [6.07, 6.45) is -2.00. The van der Waals surface area contributed by atoms with Gasteiger partial charge < -0.3 is 10.4 Å². The van der Waals surface area contributed by atoms with Crippen molar-refractivity contribution in [2.24, 2.45) is 0 Å². The average Bonchev–Trinajstić information content (AvgIpc) is 2.67. The van der Waals surface area contributed by atoms with Gasteiger partial charge >= 0.3 is 12.1 Å². The van der Waals surface area contributed by atoms with Crippen molar-refractivity contribution in [3.8, 4) is 11.1 Å². The lowest BCUT2D eigenvalue weighted by atomic mass is 9.98. The van der Waals surface area contributed by atoms with Gasteiger partial charge in [-0.2, -0.15) is 13.2 Å². The number of rotatable bonds is 4. The highest BCUT2D eigenvalue weighted by molar-refractivity contribution is 6.09. The number of benzene rings is 2. The van der Waals surface area contributed by atoms with Gasteiger partial charge in [0.05, 0.1) is 23.0 Å². The first-order chi connectivity index (χ1) is 13.3. The van der Waals surface area contributed by atoms with Gasteiger partial charge in [0.25, 0.3) is 5.91 Å². The lowest BCUT2D eigenvalue weighted by molar-refractivity contribution is -0.137. The third-order valence-electron chi connectivity index (χ3n) is 3.94. The van der Waals surface area contributed by atoms with E-state index in [1.807, 2.05) is 0 Å². The molecule has 8 heteroatoms. The first kappa shape index (κ1) is 19.1. The summed E-state index contributed by atoms with van der Waals surface area (Å²) in [5.41, 5.74) is 0.422. The number of aromatic carboxylic acids is 1. The molecule has 1 amide bonds. The van der Waals surface area contributed by atoms with Gasteiger partial charge in [0.15, 0.2) is 0 Å². The van der Waals surface area contributed by atoms with Crippen LogP contribution < -0.4 is 5.32 Å². The predicted octanol–water partition coefficient (Wildman–Crippen LogP) is 4.72. The molecule has 0 saturated heterocycles. The summed E-state index contributed by atoms with van der Waals surface area (Å²) in [6.45, 7) is 0. The summed E-state index contributed by atoms with van der Waals surface area (Å²) in [4.78, 5) is 27.4. The molecule has 3 rings (SSSR count). The van der Waals surface area contributed by atoms with E-state index in [4.69, 9.17) is 5.11 Å². The number of amides is 1. The highest BCUT2D eigenvalue weighted by Crippen LogP contribution is 2.32. The van der Waals surface area contributed by atoms with Crippen molar-refractivity contribution < 1.29 is 27.9 Å². The Kier molecular flexibility index (Phi) is 5.12. The van der Waals surface area contributed by atoms with E-state index in [-0.39, 0.29) is 16.8 Å². The van der Waals surface area contributed by atoms with Crippen LogP contribution >= 0.6 is 0 Å². The van der Waals surface area contributed by atoms with Crippen molar-refractivity contribution in [1.29, 1.82) is 0 Å². The van der Waals surface area contributed by atoms with E-state index in [1.54, 1.807) is 18.2 Å². The van der Waals surface area contributed by atoms with Gasteiger partial charge in [-0.3, -0.25) is 9.78 Å². The summed E-state index contributed by atoms with van der Waals surface area (Å²) in [5.74, 6) is -1.73.